The molecule has 1 saturated heterocycles. The van der Waals surface area contributed by atoms with Crippen LogP contribution in [0, 0.1) is 6.92 Å². The Kier molecular flexibility index (Phi) is 3.90. The van der Waals surface area contributed by atoms with Crippen LogP contribution in [0.1, 0.15) is 35.4 Å². The van der Waals surface area contributed by atoms with E-state index in [1.165, 1.54) is 25.5 Å². The third kappa shape index (κ3) is 3.07. The molecule has 1 N–H and O–H groups in total. The van der Waals surface area contributed by atoms with E-state index in [-0.39, 0.29) is 5.91 Å². The van der Waals surface area contributed by atoms with E-state index in [4.69, 9.17) is 4.42 Å². The van der Waals surface area contributed by atoms with Gasteiger partial charge in [-0.2, -0.15) is 0 Å². The van der Waals surface area contributed by atoms with Crippen molar-refractivity contribution in [2.75, 3.05) is 23.3 Å². The molecule has 3 heterocycles. The van der Waals surface area contributed by atoms with Crippen molar-refractivity contribution in [2.45, 2.75) is 26.2 Å². The van der Waals surface area contributed by atoms with Gasteiger partial charge < -0.3 is 14.6 Å². The average Bonchev–Trinajstić information content (AvgIpc) is 2.95. The minimum atomic E-state index is -0.172. The lowest BCUT2D eigenvalue weighted by Gasteiger charge is -2.27. The largest absolute Gasteiger partial charge is 0.469 e. The minimum absolute atomic E-state index is 0.172. The van der Waals surface area contributed by atoms with Crippen molar-refractivity contribution in [3.63, 3.8) is 0 Å². The summed E-state index contributed by atoms with van der Waals surface area (Å²) >= 11 is 0. The van der Waals surface area contributed by atoms with Gasteiger partial charge in [0.2, 0.25) is 0 Å². The number of carbonyl (C=O) groups is 1. The molecule has 1 amide bonds. The van der Waals surface area contributed by atoms with Gasteiger partial charge in [0.05, 0.1) is 23.7 Å². The molecule has 0 radical (unpaired) electrons. The maximum Gasteiger partial charge on any atom is 0.259 e. The van der Waals surface area contributed by atoms with E-state index in [0.717, 1.165) is 18.9 Å². The van der Waals surface area contributed by atoms with Crippen LogP contribution in [-0.4, -0.2) is 24.0 Å². The molecule has 1 aliphatic heterocycles. The number of rotatable bonds is 3. The summed E-state index contributed by atoms with van der Waals surface area (Å²) in [7, 11) is 0. The summed E-state index contributed by atoms with van der Waals surface area (Å²) < 4.78 is 5.14. The molecule has 3 rings (SSSR count). The number of hydrogen-bond donors (Lipinski definition) is 1. The lowest BCUT2D eigenvalue weighted by Crippen LogP contribution is -2.30. The molecule has 1 aliphatic rings. The summed E-state index contributed by atoms with van der Waals surface area (Å²) in [5.41, 5.74) is 1.25. The number of pyridine rings is 1. The summed E-state index contributed by atoms with van der Waals surface area (Å²) in [6.07, 6.45) is 6.97. The van der Waals surface area contributed by atoms with Gasteiger partial charge >= 0.3 is 0 Å². The molecule has 2 aromatic rings. The second kappa shape index (κ2) is 5.99. The average molecular weight is 285 g/mol. The Morgan fingerprint density at radius 1 is 1.24 bits per heavy atom. The van der Waals surface area contributed by atoms with Crippen LogP contribution in [0.3, 0.4) is 0 Å². The van der Waals surface area contributed by atoms with E-state index in [0.29, 0.717) is 17.0 Å². The first-order valence-corrected chi connectivity index (χ1v) is 7.30. The number of nitrogens with zero attached hydrogens (tertiary/aromatic N) is 2. The molecule has 0 bridgehead atoms. The van der Waals surface area contributed by atoms with Crippen LogP contribution in [0.4, 0.5) is 11.5 Å². The van der Waals surface area contributed by atoms with Crippen LogP contribution in [0.15, 0.2) is 35.1 Å². The van der Waals surface area contributed by atoms with Gasteiger partial charge in [-0.3, -0.25) is 4.79 Å². The van der Waals surface area contributed by atoms with Crippen LogP contribution in [0.25, 0.3) is 0 Å². The molecule has 5 nitrogen and oxygen atoms in total. The summed E-state index contributed by atoms with van der Waals surface area (Å²) in [4.78, 5) is 18.8. The normalized spacial score (nSPS) is 15.0. The number of aryl methyl sites for hydroxylation is 1. The molecule has 0 saturated carbocycles. The van der Waals surface area contributed by atoms with Gasteiger partial charge in [0.15, 0.2) is 0 Å². The SMILES string of the molecule is Cc1occc1C(=O)Nc1ccc(N2CCCCC2)nc1. The van der Waals surface area contributed by atoms with E-state index in [1.54, 1.807) is 19.2 Å². The Bertz CT molecular complexity index is 613. The van der Waals surface area contributed by atoms with Gasteiger partial charge in [-0.25, -0.2) is 4.98 Å². The molecule has 1 fully saturated rings. The smallest absolute Gasteiger partial charge is 0.259 e. The highest BCUT2D eigenvalue weighted by Gasteiger charge is 2.14. The van der Waals surface area contributed by atoms with Crippen molar-refractivity contribution in [3.8, 4) is 0 Å². The van der Waals surface area contributed by atoms with E-state index >= 15 is 0 Å². The maximum atomic E-state index is 12.1. The van der Waals surface area contributed by atoms with Crippen molar-refractivity contribution in [3.05, 3.63) is 42.0 Å². The van der Waals surface area contributed by atoms with Crippen molar-refractivity contribution in [1.82, 2.24) is 4.98 Å². The zero-order valence-corrected chi connectivity index (χ0v) is 12.1. The molecular weight excluding hydrogens is 266 g/mol. The molecule has 0 unspecified atom stereocenters. The third-order valence-electron chi connectivity index (χ3n) is 3.79. The second-order valence-electron chi connectivity index (χ2n) is 5.30. The van der Waals surface area contributed by atoms with E-state index in [9.17, 15) is 4.79 Å². The highest BCUT2D eigenvalue weighted by molar-refractivity contribution is 6.04. The highest BCUT2D eigenvalue weighted by Crippen LogP contribution is 2.19. The number of piperidine rings is 1. The van der Waals surface area contributed by atoms with Crippen molar-refractivity contribution in [1.29, 1.82) is 0 Å². The minimum Gasteiger partial charge on any atom is -0.469 e. The number of hydrogen-bond acceptors (Lipinski definition) is 4. The summed E-state index contributed by atoms with van der Waals surface area (Å²) in [6, 6.07) is 5.52. The molecule has 2 aromatic heterocycles. The van der Waals surface area contributed by atoms with Crippen LogP contribution in [0.2, 0.25) is 0 Å². The number of anilines is 2. The molecule has 0 atom stereocenters. The van der Waals surface area contributed by atoms with Crippen molar-refractivity contribution < 1.29 is 9.21 Å². The van der Waals surface area contributed by atoms with Gasteiger partial charge in [0.25, 0.3) is 5.91 Å². The van der Waals surface area contributed by atoms with Gasteiger partial charge in [0, 0.05) is 13.1 Å². The van der Waals surface area contributed by atoms with Crippen LogP contribution >= 0.6 is 0 Å². The fourth-order valence-corrected chi connectivity index (χ4v) is 2.59. The fourth-order valence-electron chi connectivity index (χ4n) is 2.59. The van der Waals surface area contributed by atoms with Crippen molar-refractivity contribution in [2.24, 2.45) is 0 Å². The highest BCUT2D eigenvalue weighted by atomic mass is 16.3. The number of amides is 1. The molecule has 0 spiro atoms. The third-order valence-corrected chi connectivity index (χ3v) is 3.79. The Labute approximate surface area is 124 Å². The Morgan fingerprint density at radius 2 is 2.05 bits per heavy atom. The fraction of sp³-hybridized carbons (Fsp3) is 0.375. The molecule has 110 valence electrons. The number of carbonyl (C=O) groups excluding carboxylic acids is 1. The monoisotopic (exact) mass is 285 g/mol. The zero-order chi connectivity index (χ0) is 14.7. The number of nitrogens with one attached hydrogen (secondary N) is 1. The molecular formula is C16H19N3O2. The van der Waals surface area contributed by atoms with Gasteiger partial charge in [0.1, 0.15) is 11.6 Å². The Hall–Kier alpha value is -2.30. The first-order valence-electron chi connectivity index (χ1n) is 7.30. The number of furan rings is 1. The first-order chi connectivity index (χ1) is 10.2. The van der Waals surface area contributed by atoms with E-state index < -0.39 is 0 Å². The predicted molar refractivity (Wildman–Crippen MR) is 81.7 cm³/mol. The summed E-state index contributed by atoms with van der Waals surface area (Å²) in [5, 5.41) is 2.84. The number of aromatic nitrogens is 1. The first kappa shape index (κ1) is 13.7. The van der Waals surface area contributed by atoms with Gasteiger partial charge in [-0.1, -0.05) is 0 Å². The summed E-state index contributed by atoms with van der Waals surface area (Å²) in [6.45, 7) is 3.90. The quantitative estimate of drug-likeness (QED) is 0.940. The molecule has 5 heteroatoms. The zero-order valence-electron chi connectivity index (χ0n) is 12.1. The van der Waals surface area contributed by atoms with E-state index in [1.807, 2.05) is 12.1 Å². The Morgan fingerprint density at radius 3 is 2.67 bits per heavy atom. The Balaban J connectivity index is 1.67. The van der Waals surface area contributed by atoms with Crippen LogP contribution in [0.5, 0.6) is 0 Å². The van der Waals surface area contributed by atoms with Gasteiger partial charge in [-0.05, 0) is 44.4 Å². The van der Waals surface area contributed by atoms with Crippen molar-refractivity contribution >= 4 is 17.4 Å². The van der Waals surface area contributed by atoms with Crippen LogP contribution in [-0.2, 0) is 0 Å². The molecule has 0 aliphatic carbocycles. The maximum absolute atomic E-state index is 12.1. The molecule has 21 heavy (non-hydrogen) atoms. The summed E-state index contributed by atoms with van der Waals surface area (Å²) in [5.74, 6) is 1.42. The topological polar surface area (TPSA) is 58.4 Å². The molecule has 0 aromatic carbocycles. The standard InChI is InChI=1S/C16H19N3O2/c1-12-14(7-10-21-12)16(20)18-13-5-6-15(17-11-13)19-8-3-2-4-9-19/h5-7,10-11H,2-4,8-9H2,1H3,(H,18,20). The van der Waals surface area contributed by atoms with E-state index in [2.05, 4.69) is 15.2 Å². The second-order valence-corrected chi connectivity index (χ2v) is 5.30. The van der Waals surface area contributed by atoms with Crippen LogP contribution < -0.4 is 10.2 Å². The van der Waals surface area contributed by atoms with Gasteiger partial charge in [-0.15, -0.1) is 0 Å². The lowest BCUT2D eigenvalue weighted by atomic mass is 10.1. The lowest BCUT2D eigenvalue weighted by molar-refractivity contribution is 0.102. The predicted octanol–water partition coefficient (Wildman–Crippen LogP) is 3.23.